The molecule has 0 fully saturated rings. The minimum absolute atomic E-state index is 0.0115. The van der Waals surface area contributed by atoms with E-state index in [1.54, 1.807) is 25.1 Å². The number of aromatic nitrogens is 2. The molecule has 208 valence electrons. The van der Waals surface area contributed by atoms with E-state index in [0.29, 0.717) is 5.56 Å². The van der Waals surface area contributed by atoms with Gasteiger partial charge < -0.3 is 14.6 Å². The van der Waals surface area contributed by atoms with Crippen molar-refractivity contribution in [1.29, 1.82) is 0 Å². The molecule has 0 unspecified atom stereocenters. The maximum Gasteiger partial charge on any atom is 0.416 e. The number of rotatable bonds is 8. The highest BCUT2D eigenvalue weighted by Gasteiger charge is 2.31. The highest BCUT2D eigenvalue weighted by molar-refractivity contribution is 9.10. The highest BCUT2D eigenvalue weighted by atomic mass is 79.9. The van der Waals surface area contributed by atoms with Crippen LogP contribution in [0.5, 0.6) is 11.5 Å². The second-order valence-electron chi connectivity index (χ2n) is 8.34. The maximum atomic E-state index is 13.4. The van der Waals surface area contributed by atoms with Gasteiger partial charge in [-0.05, 0) is 60.1 Å². The molecule has 8 nitrogen and oxygen atoms in total. The molecule has 0 aliphatic heterocycles. The highest BCUT2D eigenvalue weighted by Crippen LogP contribution is 2.43. The zero-order chi connectivity index (χ0) is 29.2. The number of alkyl halides is 3. The van der Waals surface area contributed by atoms with Gasteiger partial charge in [0.15, 0.2) is 23.4 Å². The minimum Gasteiger partial charge on any atom is -0.490 e. The number of aliphatic carboxylic acids is 1. The van der Waals surface area contributed by atoms with Crippen molar-refractivity contribution in [2.45, 2.75) is 26.1 Å². The number of carbonyl (C=O) groups is 1. The summed E-state index contributed by atoms with van der Waals surface area (Å²) in [6.45, 7) is 3.22. The van der Waals surface area contributed by atoms with Gasteiger partial charge in [-0.15, -0.1) is 0 Å². The SMILES string of the molecule is CCOc1cc(C=Nn2c(-c3cccc(C(F)(F)F)c3)nc3ccccc3c2=O)c(Br)c(Cl)c1O[C@@H](C)C(=O)O. The molecule has 13 heteroatoms. The zero-order valence-electron chi connectivity index (χ0n) is 20.9. The average Bonchev–Trinajstić information content (AvgIpc) is 2.92. The molecule has 0 amide bonds. The van der Waals surface area contributed by atoms with Gasteiger partial charge in [-0.2, -0.15) is 22.9 Å². The van der Waals surface area contributed by atoms with Crippen molar-refractivity contribution in [1.82, 2.24) is 9.66 Å². The van der Waals surface area contributed by atoms with E-state index in [-0.39, 0.29) is 49.9 Å². The summed E-state index contributed by atoms with van der Waals surface area (Å²) < 4.78 is 52.5. The molecule has 0 saturated heterocycles. The summed E-state index contributed by atoms with van der Waals surface area (Å²) in [6.07, 6.45) is -4.60. The zero-order valence-corrected chi connectivity index (χ0v) is 23.2. The van der Waals surface area contributed by atoms with Gasteiger partial charge in [0.25, 0.3) is 5.56 Å². The lowest BCUT2D eigenvalue weighted by Crippen LogP contribution is -2.23. The first-order chi connectivity index (χ1) is 18.9. The van der Waals surface area contributed by atoms with Crippen LogP contribution in [-0.2, 0) is 11.0 Å². The fourth-order valence-electron chi connectivity index (χ4n) is 3.67. The van der Waals surface area contributed by atoms with Crippen LogP contribution in [0.2, 0.25) is 5.02 Å². The first kappa shape index (κ1) is 29.1. The summed E-state index contributed by atoms with van der Waals surface area (Å²) >= 11 is 9.81. The van der Waals surface area contributed by atoms with Crippen molar-refractivity contribution in [3.05, 3.63) is 85.6 Å². The van der Waals surface area contributed by atoms with E-state index >= 15 is 0 Å². The van der Waals surface area contributed by atoms with Crippen LogP contribution >= 0.6 is 27.5 Å². The van der Waals surface area contributed by atoms with Crippen molar-refractivity contribution < 1.29 is 32.5 Å². The van der Waals surface area contributed by atoms with E-state index in [1.165, 1.54) is 37.4 Å². The monoisotopic (exact) mass is 637 g/mol. The Morgan fingerprint density at radius 1 is 1.23 bits per heavy atom. The standard InChI is InChI=1S/C27H20BrClF3N3O5/c1-3-39-20-12-16(21(28)22(29)23(20)40-14(2)26(37)38)13-33-35-24(15-7-6-8-17(11-15)27(30,31)32)34-19-10-5-4-9-18(19)25(35)36/h4-14H,3H2,1-2H3,(H,37,38)/t14-/m0/s1. The Labute approximate surface area is 238 Å². The summed E-state index contributed by atoms with van der Waals surface area (Å²) in [5, 5.41) is 13.7. The van der Waals surface area contributed by atoms with Gasteiger partial charge >= 0.3 is 12.1 Å². The van der Waals surface area contributed by atoms with Gasteiger partial charge in [-0.3, -0.25) is 4.79 Å². The lowest BCUT2D eigenvalue weighted by Gasteiger charge is -2.18. The Kier molecular flexibility index (Phi) is 8.50. The van der Waals surface area contributed by atoms with Gasteiger partial charge in [-0.25, -0.2) is 9.78 Å². The van der Waals surface area contributed by atoms with Crippen LogP contribution in [0, 0.1) is 0 Å². The van der Waals surface area contributed by atoms with Gasteiger partial charge in [0.05, 0.1) is 29.3 Å². The summed E-state index contributed by atoms with van der Waals surface area (Å²) in [4.78, 5) is 29.2. The fourth-order valence-corrected chi connectivity index (χ4v) is 4.31. The lowest BCUT2D eigenvalue weighted by molar-refractivity contribution is -0.144. The Balaban J connectivity index is 1.90. The van der Waals surface area contributed by atoms with E-state index in [4.69, 9.17) is 21.1 Å². The van der Waals surface area contributed by atoms with E-state index in [0.717, 1.165) is 16.8 Å². The number of carboxylic acid groups (broad SMARTS) is 1. The van der Waals surface area contributed by atoms with Crippen molar-refractivity contribution in [3.8, 4) is 22.9 Å². The quantitative estimate of drug-likeness (QED) is 0.217. The normalized spacial score (nSPS) is 12.6. The van der Waals surface area contributed by atoms with Crippen LogP contribution < -0.4 is 15.0 Å². The molecule has 40 heavy (non-hydrogen) atoms. The van der Waals surface area contributed by atoms with Gasteiger partial charge in [0.2, 0.25) is 0 Å². The maximum absolute atomic E-state index is 13.4. The molecule has 3 aromatic carbocycles. The Morgan fingerprint density at radius 3 is 2.62 bits per heavy atom. The van der Waals surface area contributed by atoms with Crippen LogP contribution in [0.15, 0.2) is 69.0 Å². The Bertz CT molecular complexity index is 1690. The molecule has 0 saturated carbocycles. The Hall–Kier alpha value is -3.90. The topological polar surface area (TPSA) is 103 Å². The first-order valence-corrected chi connectivity index (χ1v) is 12.9. The Morgan fingerprint density at radius 2 is 1.95 bits per heavy atom. The fraction of sp³-hybridized carbons (Fsp3) is 0.185. The third-order valence-corrected chi connectivity index (χ3v) is 7.06. The van der Waals surface area contributed by atoms with Crippen molar-refractivity contribution in [3.63, 3.8) is 0 Å². The third kappa shape index (κ3) is 5.97. The minimum atomic E-state index is -4.61. The number of fused-ring (bicyclic) bond motifs is 1. The number of hydrogen-bond donors (Lipinski definition) is 1. The molecular weight excluding hydrogens is 619 g/mol. The average molecular weight is 639 g/mol. The molecule has 0 bridgehead atoms. The predicted molar refractivity (Wildman–Crippen MR) is 147 cm³/mol. The molecule has 4 aromatic rings. The van der Waals surface area contributed by atoms with Gasteiger partial charge in [-0.1, -0.05) is 35.9 Å². The molecule has 0 aliphatic carbocycles. The number of para-hydroxylation sites is 1. The largest absolute Gasteiger partial charge is 0.490 e. The van der Waals surface area contributed by atoms with Crippen LogP contribution in [0.1, 0.15) is 25.0 Å². The van der Waals surface area contributed by atoms with Crippen LogP contribution in [0.4, 0.5) is 13.2 Å². The summed E-state index contributed by atoms with van der Waals surface area (Å²) in [6, 6.07) is 12.3. The molecule has 1 aromatic heterocycles. The summed E-state index contributed by atoms with van der Waals surface area (Å²) in [5.41, 5.74) is -0.919. The van der Waals surface area contributed by atoms with Crippen molar-refractivity contribution in [2.24, 2.45) is 5.10 Å². The molecule has 1 N–H and O–H groups in total. The molecule has 1 atom stereocenters. The first-order valence-electron chi connectivity index (χ1n) is 11.7. The van der Waals surface area contributed by atoms with Crippen molar-refractivity contribution >= 4 is 50.6 Å². The number of benzene rings is 3. The molecule has 4 rings (SSSR count). The molecule has 0 spiro atoms. The van der Waals surface area contributed by atoms with Crippen molar-refractivity contribution in [2.75, 3.05) is 6.61 Å². The molecule has 1 heterocycles. The van der Waals surface area contributed by atoms with Gasteiger partial charge in [0, 0.05) is 15.6 Å². The summed E-state index contributed by atoms with van der Waals surface area (Å²) in [5.74, 6) is -1.23. The summed E-state index contributed by atoms with van der Waals surface area (Å²) in [7, 11) is 0. The number of ether oxygens (including phenoxy) is 2. The van der Waals surface area contributed by atoms with Crippen LogP contribution in [0.3, 0.4) is 0 Å². The molecular formula is C27H20BrClF3N3O5. The second kappa shape index (κ2) is 11.7. The van der Waals surface area contributed by atoms with Crippen LogP contribution in [0.25, 0.3) is 22.3 Å². The van der Waals surface area contributed by atoms with E-state index in [2.05, 4.69) is 26.0 Å². The number of nitrogens with zero attached hydrogens (tertiary/aromatic N) is 3. The van der Waals surface area contributed by atoms with E-state index in [9.17, 15) is 27.9 Å². The lowest BCUT2D eigenvalue weighted by atomic mass is 10.1. The number of hydrogen-bond acceptors (Lipinski definition) is 6. The smallest absolute Gasteiger partial charge is 0.416 e. The molecule has 0 aliphatic rings. The predicted octanol–water partition coefficient (Wildman–Crippen LogP) is 6.63. The number of carboxylic acids is 1. The van der Waals surface area contributed by atoms with E-state index in [1.807, 2.05) is 0 Å². The number of halogens is 5. The third-order valence-electron chi connectivity index (χ3n) is 5.61. The molecule has 0 radical (unpaired) electrons. The van der Waals surface area contributed by atoms with Gasteiger partial charge in [0.1, 0.15) is 5.02 Å². The van der Waals surface area contributed by atoms with Crippen LogP contribution in [-0.4, -0.2) is 39.7 Å². The second-order valence-corrected chi connectivity index (χ2v) is 9.52. The van der Waals surface area contributed by atoms with E-state index < -0.39 is 29.4 Å².